The van der Waals surface area contributed by atoms with Crippen LogP contribution in [0.1, 0.15) is 43.1 Å². The zero-order chi connectivity index (χ0) is 13.0. The molecule has 0 saturated heterocycles. The second-order valence-electron chi connectivity index (χ2n) is 5.08. The summed E-state index contributed by atoms with van der Waals surface area (Å²) in [6, 6.07) is 0.755. The van der Waals surface area contributed by atoms with Crippen LogP contribution in [0, 0.1) is 13.8 Å². The van der Waals surface area contributed by atoms with Crippen molar-refractivity contribution >= 4 is 0 Å². The van der Waals surface area contributed by atoms with E-state index in [2.05, 4.69) is 28.9 Å². The number of hydrogen-bond donors (Lipinski definition) is 1. The van der Waals surface area contributed by atoms with Gasteiger partial charge in [0.05, 0.1) is 5.69 Å². The summed E-state index contributed by atoms with van der Waals surface area (Å²) < 4.78 is 7.49. The highest BCUT2D eigenvalue weighted by Crippen LogP contribution is 2.21. The number of rotatable bonds is 8. The van der Waals surface area contributed by atoms with Crippen molar-refractivity contribution in [1.82, 2.24) is 15.1 Å². The molecular weight excluding hydrogens is 226 g/mol. The van der Waals surface area contributed by atoms with Gasteiger partial charge in [-0.25, -0.2) is 0 Å². The molecule has 0 bridgehead atoms. The molecule has 1 aliphatic rings. The lowest BCUT2D eigenvalue weighted by Crippen LogP contribution is -2.16. The van der Waals surface area contributed by atoms with Crippen LogP contribution in [0.15, 0.2) is 0 Å². The molecule has 1 saturated carbocycles. The third-order valence-electron chi connectivity index (χ3n) is 3.54. The maximum Gasteiger partial charge on any atom is 0.0641 e. The minimum absolute atomic E-state index is 0.755. The Bertz CT molecular complexity index is 383. The minimum atomic E-state index is 0.755. The van der Waals surface area contributed by atoms with Gasteiger partial charge in [0.25, 0.3) is 0 Å². The van der Waals surface area contributed by atoms with Gasteiger partial charge in [-0.05, 0) is 40.0 Å². The summed E-state index contributed by atoms with van der Waals surface area (Å²) in [5.41, 5.74) is 3.84. The zero-order valence-corrected chi connectivity index (χ0v) is 11.8. The van der Waals surface area contributed by atoms with Crippen LogP contribution in [0.2, 0.25) is 0 Å². The van der Waals surface area contributed by atoms with Crippen LogP contribution >= 0.6 is 0 Å². The van der Waals surface area contributed by atoms with Gasteiger partial charge in [0.15, 0.2) is 0 Å². The van der Waals surface area contributed by atoms with E-state index in [1.54, 1.807) is 0 Å². The predicted molar refractivity (Wildman–Crippen MR) is 72.7 cm³/mol. The lowest BCUT2D eigenvalue weighted by Gasteiger charge is -2.06. The maximum absolute atomic E-state index is 5.37. The molecular formula is C14H25N3O. The van der Waals surface area contributed by atoms with Gasteiger partial charge in [0.2, 0.25) is 0 Å². The Morgan fingerprint density at radius 1 is 1.39 bits per heavy atom. The predicted octanol–water partition coefficient (Wildman–Crippen LogP) is 2.18. The molecule has 0 amide bonds. The molecule has 0 aliphatic heterocycles. The second-order valence-corrected chi connectivity index (χ2v) is 5.08. The average Bonchev–Trinajstić information content (AvgIpc) is 3.13. The normalized spacial score (nSPS) is 15.3. The molecule has 1 aromatic rings. The topological polar surface area (TPSA) is 39.1 Å². The molecule has 1 aromatic heterocycles. The third kappa shape index (κ3) is 3.56. The lowest BCUT2D eigenvalue weighted by molar-refractivity contribution is 0.140. The SMILES string of the molecule is CCOCCCn1nc(C)c(CNC2CC2)c1C. The van der Waals surface area contributed by atoms with Crippen LogP contribution in [0.3, 0.4) is 0 Å². The average molecular weight is 251 g/mol. The summed E-state index contributed by atoms with van der Waals surface area (Å²) in [7, 11) is 0. The second kappa shape index (κ2) is 6.34. The van der Waals surface area contributed by atoms with Gasteiger partial charge in [-0.2, -0.15) is 5.10 Å². The molecule has 102 valence electrons. The zero-order valence-electron chi connectivity index (χ0n) is 11.8. The summed E-state index contributed by atoms with van der Waals surface area (Å²) in [5, 5.41) is 8.19. The van der Waals surface area contributed by atoms with E-state index in [1.165, 1.54) is 24.1 Å². The molecule has 18 heavy (non-hydrogen) atoms. The molecule has 4 nitrogen and oxygen atoms in total. The molecule has 4 heteroatoms. The molecule has 0 radical (unpaired) electrons. The van der Waals surface area contributed by atoms with Gasteiger partial charge >= 0.3 is 0 Å². The first-order valence-electron chi connectivity index (χ1n) is 7.06. The van der Waals surface area contributed by atoms with Crippen molar-refractivity contribution in [2.45, 2.75) is 59.2 Å². The monoisotopic (exact) mass is 251 g/mol. The van der Waals surface area contributed by atoms with Crippen LogP contribution in [0.4, 0.5) is 0 Å². The Balaban J connectivity index is 1.87. The highest BCUT2D eigenvalue weighted by Gasteiger charge is 2.21. The van der Waals surface area contributed by atoms with E-state index in [4.69, 9.17) is 4.74 Å². The minimum Gasteiger partial charge on any atom is -0.382 e. The Kier molecular flexibility index (Phi) is 4.78. The van der Waals surface area contributed by atoms with Crippen molar-refractivity contribution in [3.63, 3.8) is 0 Å². The standard InChI is InChI=1S/C14H25N3O/c1-4-18-9-5-8-17-12(3)14(11(2)16-17)10-15-13-6-7-13/h13,15H,4-10H2,1-3H3. The van der Waals surface area contributed by atoms with Crippen LogP contribution in [-0.2, 0) is 17.8 Å². The Morgan fingerprint density at radius 3 is 2.83 bits per heavy atom. The van der Waals surface area contributed by atoms with Crippen molar-refractivity contribution < 1.29 is 4.74 Å². The van der Waals surface area contributed by atoms with E-state index >= 15 is 0 Å². The Labute approximate surface area is 110 Å². The summed E-state index contributed by atoms with van der Waals surface area (Å²) >= 11 is 0. The van der Waals surface area contributed by atoms with Crippen molar-refractivity contribution in [3.05, 3.63) is 17.0 Å². The quantitative estimate of drug-likeness (QED) is 0.720. The number of nitrogens with zero attached hydrogens (tertiary/aromatic N) is 2. The molecule has 1 N–H and O–H groups in total. The number of ether oxygens (including phenoxy) is 1. The molecule has 1 heterocycles. The first-order chi connectivity index (χ1) is 8.72. The first-order valence-corrected chi connectivity index (χ1v) is 7.06. The fourth-order valence-electron chi connectivity index (χ4n) is 2.20. The molecule has 0 unspecified atom stereocenters. The van der Waals surface area contributed by atoms with Gasteiger partial charge in [0, 0.05) is 43.6 Å². The largest absolute Gasteiger partial charge is 0.382 e. The highest BCUT2D eigenvalue weighted by molar-refractivity contribution is 5.24. The molecule has 1 fully saturated rings. The van der Waals surface area contributed by atoms with E-state index in [0.29, 0.717) is 0 Å². The summed E-state index contributed by atoms with van der Waals surface area (Å²) in [4.78, 5) is 0. The van der Waals surface area contributed by atoms with E-state index in [-0.39, 0.29) is 0 Å². The number of hydrogen-bond acceptors (Lipinski definition) is 3. The fourth-order valence-corrected chi connectivity index (χ4v) is 2.20. The molecule has 1 aliphatic carbocycles. The van der Waals surface area contributed by atoms with E-state index in [0.717, 1.165) is 44.5 Å². The number of aryl methyl sites for hydroxylation is 2. The van der Waals surface area contributed by atoms with Gasteiger partial charge in [0.1, 0.15) is 0 Å². The van der Waals surface area contributed by atoms with Crippen molar-refractivity contribution in [2.75, 3.05) is 13.2 Å². The number of aromatic nitrogens is 2. The van der Waals surface area contributed by atoms with E-state index < -0.39 is 0 Å². The van der Waals surface area contributed by atoms with Crippen molar-refractivity contribution in [2.24, 2.45) is 0 Å². The summed E-state index contributed by atoms with van der Waals surface area (Å²) in [6.45, 7) is 9.85. The molecule has 0 spiro atoms. The van der Waals surface area contributed by atoms with Crippen molar-refractivity contribution in [1.29, 1.82) is 0 Å². The highest BCUT2D eigenvalue weighted by atomic mass is 16.5. The van der Waals surface area contributed by atoms with Crippen LogP contribution in [-0.4, -0.2) is 29.0 Å². The van der Waals surface area contributed by atoms with Crippen LogP contribution in [0.25, 0.3) is 0 Å². The Hall–Kier alpha value is -0.870. The van der Waals surface area contributed by atoms with E-state index in [9.17, 15) is 0 Å². The molecule has 0 aromatic carbocycles. The third-order valence-corrected chi connectivity index (χ3v) is 3.54. The maximum atomic E-state index is 5.37. The number of nitrogens with one attached hydrogen (secondary N) is 1. The van der Waals surface area contributed by atoms with Gasteiger partial charge in [-0.3, -0.25) is 4.68 Å². The first kappa shape index (κ1) is 13.6. The smallest absolute Gasteiger partial charge is 0.0641 e. The summed E-state index contributed by atoms with van der Waals surface area (Å²) in [6.07, 6.45) is 3.70. The van der Waals surface area contributed by atoms with Crippen LogP contribution in [0.5, 0.6) is 0 Å². The lowest BCUT2D eigenvalue weighted by atomic mass is 10.2. The molecule has 2 rings (SSSR count). The van der Waals surface area contributed by atoms with Gasteiger partial charge < -0.3 is 10.1 Å². The van der Waals surface area contributed by atoms with Crippen molar-refractivity contribution in [3.8, 4) is 0 Å². The Morgan fingerprint density at radius 2 is 2.17 bits per heavy atom. The van der Waals surface area contributed by atoms with Gasteiger partial charge in [-0.1, -0.05) is 0 Å². The van der Waals surface area contributed by atoms with Gasteiger partial charge in [-0.15, -0.1) is 0 Å². The summed E-state index contributed by atoms with van der Waals surface area (Å²) in [5.74, 6) is 0. The fraction of sp³-hybridized carbons (Fsp3) is 0.786. The van der Waals surface area contributed by atoms with Crippen LogP contribution < -0.4 is 5.32 Å². The molecule has 0 atom stereocenters. The van der Waals surface area contributed by atoms with E-state index in [1.807, 2.05) is 6.92 Å².